The first-order valence-electron chi connectivity index (χ1n) is 9.19. The molecule has 150 valence electrons. The highest BCUT2D eigenvalue weighted by atomic mass is 127. The quantitative estimate of drug-likeness (QED) is 0.235. The summed E-state index contributed by atoms with van der Waals surface area (Å²) in [4.78, 5) is 9.16. The Morgan fingerprint density at radius 2 is 2.04 bits per heavy atom. The number of rotatable bonds is 9. The van der Waals surface area contributed by atoms with Gasteiger partial charge in [-0.25, -0.2) is 4.98 Å². The number of hydrogen-bond acceptors (Lipinski definition) is 4. The van der Waals surface area contributed by atoms with Gasteiger partial charge in [0.05, 0.1) is 12.1 Å². The van der Waals surface area contributed by atoms with Crippen molar-refractivity contribution >= 4 is 41.3 Å². The zero-order valence-electron chi connectivity index (χ0n) is 16.7. The number of aromatic nitrogens is 1. The number of hydrogen-bond donors (Lipinski definition) is 2. The highest BCUT2D eigenvalue weighted by Gasteiger charge is 2.02. The lowest BCUT2D eigenvalue weighted by molar-refractivity contribution is 0.411. The average molecular weight is 502 g/mol. The number of thiazole rings is 1. The molecule has 0 spiro atoms. The second-order valence-electron chi connectivity index (χ2n) is 6.23. The van der Waals surface area contributed by atoms with Gasteiger partial charge in [0.1, 0.15) is 5.75 Å². The van der Waals surface area contributed by atoms with Gasteiger partial charge in [-0.15, -0.1) is 35.3 Å². The largest absolute Gasteiger partial charge is 0.496 e. The first-order chi connectivity index (χ1) is 12.6. The molecule has 0 amide bonds. The van der Waals surface area contributed by atoms with Gasteiger partial charge in [-0.1, -0.05) is 12.1 Å². The Morgan fingerprint density at radius 3 is 2.70 bits per heavy atom. The number of benzene rings is 1. The fraction of sp³-hybridized carbons (Fsp3) is 0.500. The first kappa shape index (κ1) is 23.7. The molecule has 1 heterocycles. The highest BCUT2D eigenvalue weighted by molar-refractivity contribution is 14.0. The number of nitrogens with zero attached hydrogens (tertiary/aromatic N) is 2. The molecule has 0 aliphatic heterocycles. The number of aryl methyl sites for hydroxylation is 3. The summed E-state index contributed by atoms with van der Waals surface area (Å²) < 4.78 is 5.39. The number of ether oxygens (including phenoxy) is 1. The van der Waals surface area contributed by atoms with E-state index in [9.17, 15) is 0 Å². The maximum atomic E-state index is 5.39. The van der Waals surface area contributed by atoms with Crippen LogP contribution in [-0.2, 0) is 12.8 Å². The molecule has 1 aromatic heterocycles. The Balaban J connectivity index is 0.00000364. The van der Waals surface area contributed by atoms with Crippen molar-refractivity contribution in [3.8, 4) is 5.75 Å². The van der Waals surface area contributed by atoms with Gasteiger partial charge in [0.2, 0.25) is 0 Å². The molecule has 0 aliphatic rings. The van der Waals surface area contributed by atoms with Gasteiger partial charge in [-0.2, -0.15) is 0 Å². The van der Waals surface area contributed by atoms with Crippen LogP contribution < -0.4 is 15.4 Å². The first-order valence-corrected chi connectivity index (χ1v) is 10.1. The van der Waals surface area contributed by atoms with E-state index < -0.39 is 0 Å². The molecule has 2 rings (SSSR count). The lowest BCUT2D eigenvalue weighted by atomic mass is 10.1. The smallest absolute Gasteiger partial charge is 0.191 e. The number of methoxy groups -OCH3 is 1. The van der Waals surface area contributed by atoms with Gasteiger partial charge in [0, 0.05) is 37.1 Å². The van der Waals surface area contributed by atoms with Crippen LogP contribution >= 0.6 is 35.3 Å². The van der Waals surface area contributed by atoms with E-state index in [1.165, 1.54) is 10.6 Å². The second-order valence-corrected chi connectivity index (χ2v) is 7.17. The molecule has 27 heavy (non-hydrogen) atoms. The molecule has 0 unspecified atom stereocenters. The molecule has 0 fully saturated rings. The predicted octanol–water partition coefficient (Wildman–Crippen LogP) is 4.12. The molecule has 0 bridgehead atoms. The number of aliphatic imine (C=N–C) groups is 1. The van der Waals surface area contributed by atoms with Crippen molar-refractivity contribution in [2.75, 3.05) is 26.7 Å². The zero-order chi connectivity index (χ0) is 18.8. The van der Waals surface area contributed by atoms with Gasteiger partial charge >= 0.3 is 0 Å². The van der Waals surface area contributed by atoms with Crippen molar-refractivity contribution in [2.45, 2.75) is 40.0 Å². The lowest BCUT2D eigenvalue weighted by Gasteiger charge is -2.12. The van der Waals surface area contributed by atoms with Crippen molar-refractivity contribution in [1.82, 2.24) is 15.6 Å². The van der Waals surface area contributed by atoms with Gasteiger partial charge < -0.3 is 15.4 Å². The fourth-order valence-corrected chi connectivity index (χ4v) is 3.44. The molecule has 7 heteroatoms. The van der Waals surface area contributed by atoms with Gasteiger partial charge in [0.15, 0.2) is 5.96 Å². The van der Waals surface area contributed by atoms with E-state index in [2.05, 4.69) is 58.0 Å². The monoisotopic (exact) mass is 502 g/mol. The van der Waals surface area contributed by atoms with E-state index >= 15 is 0 Å². The van der Waals surface area contributed by atoms with E-state index in [0.29, 0.717) is 0 Å². The van der Waals surface area contributed by atoms with Crippen molar-refractivity contribution in [1.29, 1.82) is 0 Å². The molecular formula is C20H31IN4OS. The molecule has 0 radical (unpaired) electrons. The van der Waals surface area contributed by atoms with Crippen LogP contribution in [-0.4, -0.2) is 37.7 Å². The predicted molar refractivity (Wildman–Crippen MR) is 126 cm³/mol. The summed E-state index contributed by atoms with van der Waals surface area (Å²) in [6, 6.07) is 6.37. The van der Waals surface area contributed by atoms with Gasteiger partial charge in [-0.3, -0.25) is 4.99 Å². The highest BCUT2D eigenvalue weighted by Crippen LogP contribution is 2.19. The van der Waals surface area contributed by atoms with E-state index in [-0.39, 0.29) is 24.0 Å². The van der Waals surface area contributed by atoms with Crippen LogP contribution in [0.4, 0.5) is 0 Å². The topological polar surface area (TPSA) is 58.5 Å². The summed E-state index contributed by atoms with van der Waals surface area (Å²) in [6.45, 7) is 8.67. The number of nitrogens with one attached hydrogen (secondary N) is 2. The van der Waals surface area contributed by atoms with Crippen LogP contribution in [0.3, 0.4) is 0 Å². The minimum absolute atomic E-state index is 0. The standard InChI is InChI=1S/C20H30N4OS.HI/c1-5-21-20(22-11-6-7-19-24-16(3)14-26-19)23-12-10-17-9-8-15(2)18(13-17)25-4;/h8-9,13-14H,5-7,10-12H2,1-4H3,(H2,21,22,23);1H. The van der Waals surface area contributed by atoms with Crippen molar-refractivity contribution < 1.29 is 4.74 Å². The maximum absolute atomic E-state index is 5.39. The molecule has 2 aromatic rings. The molecular weight excluding hydrogens is 471 g/mol. The summed E-state index contributed by atoms with van der Waals surface area (Å²) in [5.74, 6) is 1.82. The Bertz CT molecular complexity index is 718. The summed E-state index contributed by atoms with van der Waals surface area (Å²) in [5.41, 5.74) is 3.53. The van der Waals surface area contributed by atoms with E-state index in [0.717, 1.165) is 61.9 Å². The second kappa shape index (κ2) is 12.9. The Labute approximate surface area is 184 Å². The van der Waals surface area contributed by atoms with Crippen molar-refractivity contribution in [3.05, 3.63) is 45.4 Å². The van der Waals surface area contributed by atoms with E-state index in [4.69, 9.17) is 4.74 Å². The van der Waals surface area contributed by atoms with Crippen LogP contribution in [0.5, 0.6) is 5.75 Å². The van der Waals surface area contributed by atoms with Crippen LogP contribution in [0.15, 0.2) is 28.6 Å². The molecule has 2 N–H and O–H groups in total. The third-order valence-electron chi connectivity index (χ3n) is 4.01. The van der Waals surface area contributed by atoms with Crippen molar-refractivity contribution in [2.24, 2.45) is 4.99 Å². The SMILES string of the molecule is CCNC(=NCCCc1nc(C)cs1)NCCc1ccc(C)c(OC)c1.I. The van der Waals surface area contributed by atoms with Gasteiger partial charge in [0.25, 0.3) is 0 Å². The van der Waals surface area contributed by atoms with E-state index in [1.54, 1.807) is 18.4 Å². The summed E-state index contributed by atoms with van der Waals surface area (Å²) in [6.07, 6.45) is 2.93. The summed E-state index contributed by atoms with van der Waals surface area (Å²) >= 11 is 1.73. The zero-order valence-corrected chi connectivity index (χ0v) is 19.8. The summed E-state index contributed by atoms with van der Waals surface area (Å²) in [7, 11) is 1.72. The Morgan fingerprint density at radius 1 is 1.22 bits per heavy atom. The molecule has 1 aromatic carbocycles. The molecule has 0 saturated carbocycles. The number of halogens is 1. The fourth-order valence-electron chi connectivity index (χ4n) is 2.63. The Hall–Kier alpha value is -1.35. The van der Waals surface area contributed by atoms with Gasteiger partial charge in [-0.05, 0) is 50.8 Å². The van der Waals surface area contributed by atoms with E-state index in [1.807, 2.05) is 6.92 Å². The van der Waals surface area contributed by atoms with Crippen LogP contribution in [0.1, 0.15) is 35.2 Å². The normalized spacial score (nSPS) is 11.0. The third kappa shape index (κ3) is 8.47. The minimum atomic E-state index is 0. The van der Waals surface area contributed by atoms with Crippen LogP contribution in [0.2, 0.25) is 0 Å². The molecule has 0 saturated heterocycles. The molecule has 0 atom stereocenters. The lowest BCUT2D eigenvalue weighted by Crippen LogP contribution is -2.38. The maximum Gasteiger partial charge on any atom is 0.191 e. The minimum Gasteiger partial charge on any atom is -0.496 e. The van der Waals surface area contributed by atoms with Crippen LogP contribution in [0, 0.1) is 13.8 Å². The number of guanidine groups is 1. The average Bonchev–Trinajstić information content (AvgIpc) is 3.05. The molecule has 0 aliphatic carbocycles. The molecule has 5 nitrogen and oxygen atoms in total. The Kier molecular flexibility index (Phi) is 11.3. The summed E-state index contributed by atoms with van der Waals surface area (Å²) in [5, 5.41) is 10.0. The van der Waals surface area contributed by atoms with Crippen LogP contribution in [0.25, 0.3) is 0 Å². The third-order valence-corrected chi connectivity index (χ3v) is 5.03. The van der Waals surface area contributed by atoms with Crippen molar-refractivity contribution in [3.63, 3.8) is 0 Å².